The molecule has 5 N–H and O–H groups in total. The lowest BCUT2D eigenvalue weighted by Gasteiger charge is -2.02. The highest BCUT2D eigenvalue weighted by molar-refractivity contribution is 7.98. The second-order valence-corrected chi connectivity index (χ2v) is 4.33. The molecule has 0 aromatic carbocycles. The maximum absolute atomic E-state index is 11.2. The highest BCUT2D eigenvalue weighted by Gasteiger charge is 2.05. The topological polar surface area (TPSA) is 128 Å². The van der Waals surface area contributed by atoms with Crippen LogP contribution in [0, 0.1) is 0 Å². The van der Waals surface area contributed by atoms with Gasteiger partial charge < -0.3 is 21.0 Å². The predicted molar refractivity (Wildman–Crippen MR) is 67.1 cm³/mol. The van der Waals surface area contributed by atoms with E-state index < -0.39 is 11.2 Å². The number of nitrogen functional groups attached to an aromatic ring is 2. The summed E-state index contributed by atoms with van der Waals surface area (Å²) in [5, 5.41) is 9.42. The van der Waals surface area contributed by atoms with Gasteiger partial charge in [0.25, 0.3) is 0 Å². The molecule has 7 nitrogen and oxygen atoms in total. The zero-order valence-corrected chi connectivity index (χ0v) is 9.98. The van der Waals surface area contributed by atoms with Crippen molar-refractivity contribution in [2.75, 3.05) is 11.5 Å². The zero-order valence-electron chi connectivity index (χ0n) is 9.16. The van der Waals surface area contributed by atoms with Crippen molar-refractivity contribution >= 4 is 23.4 Å². The van der Waals surface area contributed by atoms with Gasteiger partial charge in [-0.1, -0.05) is 11.8 Å². The van der Waals surface area contributed by atoms with Crippen LogP contribution in [0.15, 0.2) is 32.8 Å². The fraction of sp³-hybridized carbons (Fsp3) is 0.100. The van der Waals surface area contributed by atoms with E-state index in [1.54, 1.807) is 0 Å². The standard InChI is InChI=1S/C10H10N4O3S/c11-8-2-9(12)14-10(13-8)18-4-5-1-6(15)7(16)3-17-5/h1-3,16H,4H2,(H4,11,12,13,14). The molecule has 2 heterocycles. The smallest absolute Gasteiger partial charge is 0.226 e. The summed E-state index contributed by atoms with van der Waals surface area (Å²) in [6.45, 7) is 0. The maximum Gasteiger partial charge on any atom is 0.226 e. The fourth-order valence-electron chi connectivity index (χ4n) is 1.18. The van der Waals surface area contributed by atoms with E-state index in [1.807, 2.05) is 0 Å². The molecule has 2 aromatic heterocycles. The van der Waals surface area contributed by atoms with E-state index in [1.165, 1.54) is 23.9 Å². The number of nitrogens with zero attached hydrogens (tertiary/aromatic N) is 2. The fourth-order valence-corrected chi connectivity index (χ4v) is 1.94. The summed E-state index contributed by atoms with van der Waals surface area (Å²) in [7, 11) is 0. The molecule has 0 aliphatic carbocycles. The van der Waals surface area contributed by atoms with Crippen LogP contribution < -0.4 is 16.9 Å². The minimum atomic E-state index is -0.496. The molecule has 0 aliphatic rings. The van der Waals surface area contributed by atoms with Gasteiger partial charge in [-0.05, 0) is 0 Å². The Morgan fingerprint density at radius 1 is 1.28 bits per heavy atom. The third-order valence-corrected chi connectivity index (χ3v) is 2.82. The molecule has 0 amide bonds. The quantitative estimate of drug-likeness (QED) is 0.544. The van der Waals surface area contributed by atoms with Crippen LogP contribution in [0.3, 0.4) is 0 Å². The molecule has 2 rings (SSSR count). The maximum atomic E-state index is 11.2. The number of aromatic hydroxyl groups is 1. The number of thioether (sulfide) groups is 1. The molecule has 0 atom stereocenters. The largest absolute Gasteiger partial charge is 0.502 e. The average Bonchev–Trinajstić information content (AvgIpc) is 2.29. The van der Waals surface area contributed by atoms with Gasteiger partial charge in [-0.2, -0.15) is 0 Å². The molecule has 0 unspecified atom stereocenters. The van der Waals surface area contributed by atoms with E-state index in [0.29, 0.717) is 16.7 Å². The van der Waals surface area contributed by atoms with Crippen molar-refractivity contribution in [3.8, 4) is 5.75 Å². The van der Waals surface area contributed by atoms with E-state index in [-0.39, 0.29) is 11.6 Å². The van der Waals surface area contributed by atoms with Crippen LogP contribution in [0.25, 0.3) is 0 Å². The molecule has 0 fully saturated rings. The number of rotatable bonds is 3. The van der Waals surface area contributed by atoms with Crippen molar-refractivity contribution in [2.24, 2.45) is 0 Å². The molecule has 0 saturated heterocycles. The van der Waals surface area contributed by atoms with E-state index in [2.05, 4.69) is 9.97 Å². The summed E-state index contributed by atoms with van der Waals surface area (Å²) >= 11 is 1.22. The summed E-state index contributed by atoms with van der Waals surface area (Å²) in [4.78, 5) is 19.1. The summed E-state index contributed by atoms with van der Waals surface area (Å²) in [6, 6.07) is 2.66. The molecule has 0 radical (unpaired) electrons. The molecular formula is C10H10N4O3S. The molecular weight excluding hydrogens is 256 g/mol. The van der Waals surface area contributed by atoms with E-state index >= 15 is 0 Å². The van der Waals surface area contributed by atoms with Crippen LogP contribution in [0.5, 0.6) is 5.75 Å². The van der Waals surface area contributed by atoms with Crippen molar-refractivity contribution in [3.05, 3.63) is 34.4 Å². The van der Waals surface area contributed by atoms with Crippen LogP contribution in [0.4, 0.5) is 11.6 Å². The number of hydrogen-bond donors (Lipinski definition) is 3. The Bertz CT molecular complexity index is 609. The molecule has 0 spiro atoms. The SMILES string of the molecule is Nc1cc(N)nc(SCc2cc(=O)c(O)co2)n1. The number of aromatic nitrogens is 2. The van der Waals surface area contributed by atoms with Gasteiger partial charge in [-0.25, -0.2) is 9.97 Å². The molecule has 0 aliphatic heterocycles. The molecule has 0 saturated carbocycles. The molecule has 94 valence electrons. The summed E-state index contributed by atoms with van der Waals surface area (Å²) in [5.74, 6) is 0.855. The van der Waals surface area contributed by atoms with Gasteiger partial charge in [0.1, 0.15) is 23.7 Å². The number of hydrogen-bond acceptors (Lipinski definition) is 8. The summed E-state index contributed by atoms with van der Waals surface area (Å²) in [6.07, 6.45) is 0.993. The lowest BCUT2D eigenvalue weighted by atomic mass is 10.4. The second kappa shape index (κ2) is 4.96. The lowest BCUT2D eigenvalue weighted by molar-refractivity contribution is 0.419. The van der Waals surface area contributed by atoms with Gasteiger partial charge in [-0.15, -0.1) is 0 Å². The van der Waals surface area contributed by atoms with Gasteiger partial charge in [0.15, 0.2) is 10.9 Å². The van der Waals surface area contributed by atoms with Crippen LogP contribution in [-0.4, -0.2) is 15.1 Å². The Labute approximate surface area is 106 Å². The first-order valence-corrected chi connectivity index (χ1v) is 5.86. The Balaban J connectivity index is 2.11. The van der Waals surface area contributed by atoms with Crippen molar-refractivity contribution in [2.45, 2.75) is 10.9 Å². The number of nitrogens with two attached hydrogens (primary N) is 2. The first kappa shape index (κ1) is 12.2. The summed E-state index contributed by atoms with van der Waals surface area (Å²) in [5.41, 5.74) is 10.5. The first-order chi connectivity index (χ1) is 8.54. The van der Waals surface area contributed by atoms with Crippen molar-refractivity contribution in [1.29, 1.82) is 0 Å². The van der Waals surface area contributed by atoms with E-state index in [0.717, 1.165) is 6.26 Å². The van der Waals surface area contributed by atoms with Gasteiger partial charge in [0.2, 0.25) is 5.43 Å². The van der Waals surface area contributed by atoms with Crippen molar-refractivity contribution < 1.29 is 9.52 Å². The third-order valence-electron chi connectivity index (χ3n) is 1.96. The van der Waals surface area contributed by atoms with Gasteiger partial charge >= 0.3 is 0 Å². The summed E-state index contributed by atoms with van der Waals surface area (Å²) < 4.78 is 5.03. The molecule has 8 heteroatoms. The highest BCUT2D eigenvalue weighted by Crippen LogP contribution is 2.21. The Morgan fingerprint density at radius 3 is 2.56 bits per heavy atom. The predicted octanol–water partition coefficient (Wildman–Crippen LogP) is 0.592. The molecule has 18 heavy (non-hydrogen) atoms. The molecule has 2 aromatic rings. The van der Waals surface area contributed by atoms with Gasteiger partial charge in [0, 0.05) is 12.1 Å². The van der Waals surface area contributed by atoms with E-state index in [9.17, 15) is 4.79 Å². The number of anilines is 2. The Hall–Kier alpha value is -2.22. The highest BCUT2D eigenvalue weighted by atomic mass is 32.2. The van der Waals surface area contributed by atoms with Crippen LogP contribution >= 0.6 is 11.8 Å². The van der Waals surface area contributed by atoms with Crippen LogP contribution in [-0.2, 0) is 5.75 Å². The third kappa shape index (κ3) is 2.92. The van der Waals surface area contributed by atoms with Crippen LogP contribution in [0.1, 0.15) is 5.76 Å². The molecule has 0 bridgehead atoms. The lowest BCUT2D eigenvalue weighted by Crippen LogP contribution is -2.01. The van der Waals surface area contributed by atoms with Gasteiger partial charge in [-0.3, -0.25) is 4.79 Å². The normalized spacial score (nSPS) is 10.4. The Morgan fingerprint density at radius 2 is 1.94 bits per heavy atom. The van der Waals surface area contributed by atoms with Crippen molar-refractivity contribution in [1.82, 2.24) is 9.97 Å². The Kier molecular flexibility index (Phi) is 3.38. The first-order valence-electron chi connectivity index (χ1n) is 4.88. The monoisotopic (exact) mass is 266 g/mol. The average molecular weight is 266 g/mol. The van der Waals surface area contributed by atoms with Crippen LogP contribution in [0.2, 0.25) is 0 Å². The second-order valence-electron chi connectivity index (χ2n) is 3.38. The van der Waals surface area contributed by atoms with Gasteiger partial charge in [0.05, 0.1) is 5.75 Å². The van der Waals surface area contributed by atoms with E-state index in [4.69, 9.17) is 21.0 Å². The van der Waals surface area contributed by atoms with Crippen molar-refractivity contribution in [3.63, 3.8) is 0 Å². The minimum absolute atomic E-state index is 0.275. The minimum Gasteiger partial charge on any atom is -0.502 e. The zero-order chi connectivity index (χ0) is 13.1.